The Kier molecular flexibility index (Phi) is 2.96. The predicted octanol–water partition coefficient (Wildman–Crippen LogP) is -0.0859. The Morgan fingerprint density at radius 1 is 1.50 bits per heavy atom. The molecule has 4 nitrogen and oxygen atoms in total. The van der Waals surface area contributed by atoms with Crippen LogP contribution in [0, 0.1) is 0 Å². The number of hydrogen-bond acceptors (Lipinski definition) is 4. The summed E-state index contributed by atoms with van der Waals surface area (Å²) in [5.41, 5.74) is 0. The fourth-order valence-electron chi connectivity index (χ4n) is 0.136. The van der Waals surface area contributed by atoms with Gasteiger partial charge in [0.15, 0.2) is 0 Å². The Balaban J connectivity index is 3.42. The lowest BCUT2D eigenvalue weighted by Gasteiger charge is -1.93. The van der Waals surface area contributed by atoms with E-state index >= 15 is 0 Å². The molecule has 0 aromatic heterocycles. The minimum absolute atomic E-state index is 0.229. The molecule has 0 amide bonds. The standard InChI is InChI=1S/C3H8O4S/c1-3-6-7-8(2,4)5/h3H2,1-2H3. The highest BCUT2D eigenvalue weighted by molar-refractivity contribution is 7.85. The first-order valence-electron chi connectivity index (χ1n) is 2.07. The van der Waals surface area contributed by atoms with Crippen molar-refractivity contribution < 1.29 is 17.6 Å². The van der Waals surface area contributed by atoms with E-state index in [4.69, 9.17) is 0 Å². The number of hydrogen-bond donors (Lipinski definition) is 0. The molecular weight excluding hydrogens is 132 g/mol. The van der Waals surface area contributed by atoms with E-state index in [9.17, 15) is 8.42 Å². The summed E-state index contributed by atoms with van der Waals surface area (Å²) >= 11 is 0. The molecule has 8 heavy (non-hydrogen) atoms. The molecule has 0 heterocycles. The molecule has 0 rings (SSSR count). The quantitative estimate of drug-likeness (QED) is 0.406. The SMILES string of the molecule is CCOOS(C)(=O)=O. The summed E-state index contributed by atoms with van der Waals surface area (Å²) < 4.78 is 23.9. The summed E-state index contributed by atoms with van der Waals surface area (Å²) in [5.74, 6) is 0. The van der Waals surface area contributed by atoms with Crippen LogP contribution in [0.25, 0.3) is 0 Å². The molecule has 0 saturated carbocycles. The van der Waals surface area contributed by atoms with E-state index in [-0.39, 0.29) is 6.61 Å². The van der Waals surface area contributed by atoms with Crippen molar-refractivity contribution >= 4 is 10.1 Å². The maximum absolute atomic E-state index is 10.0. The molecule has 0 fully saturated rings. The average Bonchev–Trinajstić information content (AvgIpc) is 1.59. The highest BCUT2D eigenvalue weighted by Crippen LogP contribution is 1.85. The molecule has 0 bridgehead atoms. The van der Waals surface area contributed by atoms with E-state index in [2.05, 4.69) is 9.22 Å². The lowest BCUT2D eigenvalue weighted by Crippen LogP contribution is -2.02. The lowest BCUT2D eigenvalue weighted by atomic mass is 10.9. The van der Waals surface area contributed by atoms with Crippen LogP contribution in [-0.2, 0) is 19.3 Å². The van der Waals surface area contributed by atoms with Crippen LogP contribution in [0.4, 0.5) is 0 Å². The molecule has 0 spiro atoms. The highest BCUT2D eigenvalue weighted by Gasteiger charge is 1.98. The van der Waals surface area contributed by atoms with Crippen LogP contribution in [0.5, 0.6) is 0 Å². The van der Waals surface area contributed by atoms with E-state index in [1.165, 1.54) is 0 Å². The van der Waals surface area contributed by atoms with Gasteiger partial charge in [-0.3, -0.25) is 0 Å². The zero-order chi connectivity index (χ0) is 6.62. The van der Waals surface area contributed by atoms with Crippen molar-refractivity contribution in [3.8, 4) is 0 Å². The monoisotopic (exact) mass is 140 g/mol. The molecule has 0 aromatic rings. The zero-order valence-electron chi connectivity index (χ0n) is 4.75. The Hall–Kier alpha value is -0.130. The normalized spacial score (nSPS) is 11.8. The fraction of sp³-hybridized carbons (Fsp3) is 1.00. The van der Waals surface area contributed by atoms with Crippen molar-refractivity contribution in [1.82, 2.24) is 0 Å². The van der Waals surface area contributed by atoms with Gasteiger partial charge in [0.1, 0.15) is 0 Å². The van der Waals surface area contributed by atoms with E-state index in [0.717, 1.165) is 6.26 Å². The second-order valence-electron chi connectivity index (χ2n) is 1.18. The summed E-state index contributed by atoms with van der Waals surface area (Å²) in [7, 11) is -3.41. The Bertz CT molecular complexity index is 135. The third-order valence-electron chi connectivity index (χ3n) is 0.290. The van der Waals surface area contributed by atoms with Gasteiger partial charge >= 0.3 is 0 Å². The van der Waals surface area contributed by atoms with E-state index in [1.54, 1.807) is 6.92 Å². The van der Waals surface area contributed by atoms with Crippen molar-refractivity contribution in [3.05, 3.63) is 0 Å². The van der Waals surface area contributed by atoms with Gasteiger partial charge in [0.05, 0.1) is 12.9 Å². The molecule has 0 aliphatic carbocycles. The van der Waals surface area contributed by atoms with E-state index < -0.39 is 10.1 Å². The minimum Gasteiger partial charge on any atom is -0.220 e. The zero-order valence-corrected chi connectivity index (χ0v) is 5.56. The largest absolute Gasteiger partial charge is 0.290 e. The van der Waals surface area contributed by atoms with Crippen molar-refractivity contribution in [1.29, 1.82) is 0 Å². The molecule has 0 aliphatic rings. The Morgan fingerprint density at radius 3 is 2.12 bits per heavy atom. The van der Waals surface area contributed by atoms with Gasteiger partial charge in [-0.2, -0.15) is 8.42 Å². The third-order valence-corrected chi connectivity index (χ3v) is 0.633. The van der Waals surface area contributed by atoms with Crippen LogP contribution in [0.15, 0.2) is 0 Å². The summed E-state index contributed by atoms with van der Waals surface area (Å²) in [6, 6.07) is 0. The summed E-state index contributed by atoms with van der Waals surface area (Å²) in [4.78, 5) is 4.11. The molecule has 0 atom stereocenters. The molecule has 0 aliphatic heterocycles. The summed E-state index contributed by atoms with van der Waals surface area (Å²) in [6.07, 6.45) is 0.919. The molecule has 50 valence electrons. The molecule has 0 unspecified atom stereocenters. The molecule has 0 N–H and O–H groups in total. The summed E-state index contributed by atoms with van der Waals surface area (Å²) in [5, 5.41) is 0. The molecular formula is C3H8O4S. The molecule has 0 radical (unpaired) electrons. The van der Waals surface area contributed by atoms with Gasteiger partial charge in [0.25, 0.3) is 10.1 Å². The third kappa shape index (κ3) is 5.87. The molecule has 0 saturated heterocycles. The van der Waals surface area contributed by atoms with E-state index in [1.807, 2.05) is 0 Å². The Morgan fingerprint density at radius 2 is 2.00 bits per heavy atom. The van der Waals surface area contributed by atoms with Gasteiger partial charge in [-0.25, -0.2) is 4.89 Å². The smallest absolute Gasteiger partial charge is 0.220 e. The fourth-order valence-corrected chi connectivity index (χ4v) is 0.407. The first kappa shape index (κ1) is 7.87. The van der Waals surface area contributed by atoms with Gasteiger partial charge in [0, 0.05) is 0 Å². The summed E-state index contributed by atoms with van der Waals surface area (Å²) in [6.45, 7) is 1.86. The van der Waals surface area contributed by atoms with Crippen LogP contribution in [0.2, 0.25) is 0 Å². The Labute approximate surface area is 48.5 Å². The average molecular weight is 140 g/mol. The van der Waals surface area contributed by atoms with Crippen LogP contribution in [-0.4, -0.2) is 21.3 Å². The first-order chi connectivity index (χ1) is 3.56. The van der Waals surface area contributed by atoms with Gasteiger partial charge < -0.3 is 0 Å². The van der Waals surface area contributed by atoms with Gasteiger partial charge in [-0.1, -0.05) is 0 Å². The van der Waals surface area contributed by atoms with Crippen molar-refractivity contribution in [3.63, 3.8) is 0 Å². The maximum Gasteiger partial charge on any atom is 0.290 e. The minimum atomic E-state index is -3.41. The lowest BCUT2D eigenvalue weighted by molar-refractivity contribution is -0.195. The van der Waals surface area contributed by atoms with Crippen molar-refractivity contribution in [2.24, 2.45) is 0 Å². The van der Waals surface area contributed by atoms with Gasteiger partial charge in [-0.15, -0.1) is 4.33 Å². The van der Waals surface area contributed by atoms with Gasteiger partial charge in [0.2, 0.25) is 0 Å². The van der Waals surface area contributed by atoms with Crippen LogP contribution < -0.4 is 0 Å². The molecule has 0 aromatic carbocycles. The predicted molar refractivity (Wildman–Crippen MR) is 27.6 cm³/mol. The maximum atomic E-state index is 10.0. The topological polar surface area (TPSA) is 52.6 Å². The second-order valence-corrected chi connectivity index (χ2v) is 2.72. The van der Waals surface area contributed by atoms with Crippen molar-refractivity contribution in [2.75, 3.05) is 12.9 Å². The van der Waals surface area contributed by atoms with Crippen LogP contribution in [0.3, 0.4) is 0 Å². The first-order valence-corrected chi connectivity index (χ1v) is 3.89. The van der Waals surface area contributed by atoms with Crippen LogP contribution >= 0.6 is 0 Å². The van der Waals surface area contributed by atoms with E-state index in [0.29, 0.717) is 0 Å². The highest BCUT2D eigenvalue weighted by atomic mass is 32.2. The number of rotatable bonds is 3. The molecule has 5 heteroatoms. The van der Waals surface area contributed by atoms with Gasteiger partial charge in [-0.05, 0) is 6.92 Å². The van der Waals surface area contributed by atoms with Crippen molar-refractivity contribution in [2.45, 2.75) is 6.92 Å². The second kappa shape index (κ2) is 3.01. The van der Waals surface area contributed by atoms with Crippen LogP contribution in [0.1, 0.15) is 6.92 Å².